The van der Waals surface area contributed by atoms with Crippen LogP contribution in [0.25, 0.3) is 0 Å². The average molecular weight is 362 g/mol. The number of anilines is 1. The molecule has 0 aliphatic rings. The lowest BCUT2D eigenvalue weighted by molar-refractivity contribution is -0.136. The van der Waals surface area contributed by atoms with Crippen molar-refractivity contribution in [2.75, 3.05) is 5.32 Å². The zero-order chi connectivity index (χ0) is 15.6. The summed E-state index contributed by atoms with van der Waals surface area (Å²) in [5.74, 6) is -0.703. The molecule has 1 aromatic carbocycles. The Bertz CT molecular complexity index is 667. The molecule has 112 valence electrons. The van der Waals surface area contributed by atoms with Gasteiger partial charge in [0, 0.05) is 12.7 Å². The molecule has 0 aliphatic heterocycles. The number of aryl methyl sites for hydroxylation is 1. The van der Waals surface area contributed by atoms with E-state index < -0.39 is 17.6 Å². The minimum Gasteiger partial charge on any atom is -0.320 e. The van der Waals surface area contributed by atoms with Crippen LogP contribution in [0.3, 0.4) is 0 Å². The Morgan fingerprint density at radius 1 is 1.38 bits per heavy atom. The first-order valence-corrected chi connectivity index (χ1v) is 6.82. The molecule has 0 radical (unpaired) electrons. The van der Waals surface area contributed by atoms with Crippen LogP contribution in [0, 0.1) is 0 Å². The average Bonchev–Trinajstić information content (AvgIpc) is 2.79. The first-order valence-electron chi connectivity index (χ1n) is 6.03. The first kappa shape index (κ1) is 15.6. The molecule has 0 fully saturated rings. The van der Waals surface area contributed by atoms with Crippen molar-refractivity contribution in [2.45, 2.75) is 19.6 Å². The Kier molecular flexibility index (Phi) is 4.36. The SMILES string of the molecule is CCn1cc(Br)c(C(=O)Nc2ccccc2C(F)(F)F)n1. The molecule has 1 aromatic heterocycles. The van der Waals surface area contributed by atoms with Crippen molar-refractivity contribution in [1.82, 2.24) is 9.78 Å². The fourth-order valence-electron chi connectivity index (χ4n) is 1.73. The summed E-state index contributed by atoms with van der Waals surface area (Å²) < 4.78 is 40.5. The molecule has 2 rings (SSSR count). The van der Waals surface area contributed by atoms with Gasteiger partial charge in [-0.1, -0.05) is 12.1 Å². The Morgan fingerprint density at radius 3 is 2.62 bits per heavy atom. The smallest absolute Gasteiger partial charge is 0.320 e. The minimum absolute atomic E-state index is 0.0360. The molecule has 21 heavy (non-hydrogen) atoms. The van der Waals surface area contributed by atoms with Crippen LogP contribution in [0.5, 0.6) is 0 Å². The monoisotopic (exact) mass is 361 g/mol. The third-order valence-electron chi connectivity index (χ3n) is 2.74. The number of nitrogens with zero attached hydrogens (tertiary/aromatic N) is 2. The number of alkyl halides is 3. The fraction of sp³-hybridized carbons (Fsp3) is 0.231. The second-order valence-electron chi connectivity index (χ2n) is 4.18. The molecular formula is C13H11BrF3N3O. The summed E-state index contributed by atoms with van der Waals surface area (Å²) in [5.41, 5.74) is -1.16. The highest BCUT2D eigenvalue weighted by atomic mass is 79.9. The number of para-hydroxylation sites is 1. The van der Waals surface area contributed by atoms with E-state index in [0.29, 0.717) is 11.0 Å². The van der Waals surface area contributed by atoms with Gasteiger partial charge in [0.25, 0.3) is 5.91 Å². The molecule has 0 bridgehead atoms. The third-order valence-corrected chi connectivity index (χ3v) is 3.32. The van der Waals surface area contributed by atoms with Crippen LogP contribution in [0.15, 0.2) is 34.9 Å². The van der Waals surface area contributed by atoms with Crippen molar-refractivity contribution in [1.29, 1.82) is 0 Å². The lowest BCUT2D eigenvalue weighted by Gasteiger charge is -2.12. The first-order chi connectivity index (χ1) is 9.82. The Balaban J connectivity index is 2.30. The number of hydrogen-bond acceptors (Lipinski definition) is 2. The van der Waals surface area contributed by atoms with Gasteiger partial charge in [-0.25, -0.2) is 0 Å². The molecule has 8 heteroatoms. The van der Waals surface area contributed by atoms with Gasteiger partial charge in [-0.3, -0.25) is 9.48 Å². The summed E-state index contributed by atoms with van der Waals surface area (Å²) in [7, 11) is 0. The molecule has 0 saturated carbocycles. The zero-order valence-electron chi connectivity index (χ0n) is 10.9. The number of nitrogens with one attached hydrogen (secondary N) is 1. The second kappa shape index (κ2) is 5.88. The molecule has 0 atom stereocenters. The molecule has 1 N–H and O–H groups in total. The number of rotatable bonds is 3. The minimum atomic E-state index is -4.54. The van der Waals surface area contributed by atoms with E-state index in [-0.39, 0.29) is 11.4 Å². The van der Waals surface area contributed by atoms with Gasteiger partial charge in [-0.15, -0.1) is 0 Å². The van der Waals surface area contributed by atoms with Crippen molar-refractivity contribution >= 4 is 27.5 Å². The highest BCUT2D eigenvalue weighted by molar-refractivity contribution is 9.10. The highest BCUT2D eigenvalue weighted by Gasteiger charge is 2.33. The number of amides is 1. The van der Waals surface area contributed by atoms with Crippen LogP contribution in [0.4, 0.5) is 18.9 Å². The van der Waals surface area contributed by atoms with Gasteiger partial charge in [0.15, 0.2) is 5.69 Å². The Hall–Kier alpha value is -1.83. The molecule has 0 saturated heterocycles. The Morgan fingerprint density at radius 2 is 2.05 bits per heavy atom. The Labute approximate surface area is 127 Å². The summed E-state index contributed by atoms with van der Waals surface area (Å²) in [6.07, 6.45) is -2.95. The summed E-state index contributed by atoms with van der Waals surface area (Å²) in [4.78, 5) is 12.1. The van der Waals surface area contributed by atoms with E-state index in [1.165, 1.54) is 22.9 Å². The maximum atomic E-state index is 12.9. The third kappa shape index (κ3) is 3.44. The van der Waals surface area contributed by atoms with E-state index in [4.69, 9.17) is 0 Å². The molecule has 0 aliphatic carbocycles. The van der Waals surface area contributed by atoms with Gasteiger partial charge in [0.1, 0.15) is 0 Å². The van der Waals surface area contributed by atoms with Crippen LogP contribution in [0.1, 0.15) is 23.0 Å². The number of hydrogen-bond donors (Lipinski definition) is 1. The largest absolute Gasteiger partial charge is 0.418 e. The number of carbonyl (C=O) groups is 1. The van der Waals surface area contributed by atoms with Gasteiger partial charge in [-0.05, 0) is 35.0 Å². The van der Waals surface area contributed by atoms with E-state index in [1.807, 2.05) is 6.92 Å². The fourth-order valence-corrected chi connectivity index (χ4v) is 2.23. The van der Waals surface area contributed by atoms with Crippen LogP contribution in [0.2, 0.25) is 0 Å². The molecule has 2 aromatic rings. The van der Waals surface area contributed by atoms with E-state index >= 15 is 0 Å². The van der Waals surface area contributed by atoms with Gasteiger partial charge < -0.3 is 5.32 Å². The lowest BCUT2D eigenvalue weighted by atomic mass is 10.1. The van der Waals surface area contributed by atoms with Gasteiger partial charge in [0.2, 0.25) is 0 Å². The zero-order valence-corrected chi connectivity index (χ0v) is 12.5. The summed E-state index contributed by atoms with van der Waals surface area (Å²) >= 11 is 3.16. The van der Waals surface area contributed by atoms with E-state index in [1.54, 1.807) is 6.20 Å². The van der Waals surface area contributed by atoms with Crippen molar-refractivity contribution in [3.63, 3.8) is 0 Å². The van der Waals surface area contributed by atoms with Crippen LogP contribution in [-0.4, -0.2) is 15.7 Å². The number of aromatic nitrogens is 2. The second-order valence-corrected chi connectivity index (χ2v) is 5.03. The van der Waals surface area contributed by atoms with Gasteiger partial charge in [0.05, 0.1) is 15.7 Å². The van der Waals surface area contributed by atoms with Crippen molar-refractivity contribution in [2.24, 2.45) is 0 Å². The van der Waals surface area contributed by atoms with Gasteiger partial charge in [-0.2, -0.15) is 18.3 Å². The van der Waals surface area contributed by atoms with Crippen molar-refractivity contribution in [3.8, 4) is 0 Å². The summed E-state index contributed by atoms with van der Waals surface area (Å²) in [6.45, 7) is 2.38. The normalized spacial score (nSPS) is 11.5. The summed E-state index contributed by atoms with van der Waals surface area (Å²) in [5, 5.41) is 6.24. The summed E-state index contributed by atoms with van der Waals surface area (Å²) in [6, 6.07) is 4.80. The van der Waals surface area contributed by atoms with Crippen LogP contribution < -0.4 is 5.32 Å². The number of halogens is 4. The number of benzene rings is 1. The van der Waals surface area contributed by atoms with Crippen molar-refractivity contribution in [3.05, 3.63) is 46.2 Å². The van der Waals surface area contributed by atoms with Gasteiger partial charge >= 0.3 is 6.18 Å². The quantitative estimate of drug-likeness (QED) is 0.899. The number of carbonyl (C=O) groups excluding carboxylic acids is 1. The van der Waals surface area contributed by atoms with E-state index in [9.17, 15) is 18.0 Å². The predicted octanol–water partition coefficient (Wildman–Crippen LogP) is 3.94. The molecule has 0 spiro atoms. The van der Waals surface area contributed by atoms with E-state index in [2.05, 4.69) is 26.3 Å². The maximum Gasteiger partial charge on any atom is 0.418 e. The topological polar surface area (TPSA) is 46.9 Å². The van der Waals surface area contributed by atoms with Crippen LogP contribution in [-0.2, 0) is 12.7 Å². The van der Waals surface area contributed by atoms with Crippen molar-refractivity contribution < 1.29 is 18.0 Å². The van der Waals surface area contributed by atoms with E-state index in [0.717, 1.165) is 6.07 Å². The molecule has 1 amide bonds. The molecule has 4 nitrogen and oxygen atoms in total. The van der Waals surface area contributed by atoms with Crippen LogP contribution >= 0.6 is 15.9 Å². The molecular weight excluding hydrogens is 351 g/mol. The maximum absolute atomic E-state index is 12.9. The standard InChI is InChI=1S/C13H11BrF3N3O/c1-2-20-7-9(14)11(19-20)12(21)18-10-6-4-3-5-8(10)13(15,16)17/h3-7H,2H2,1H3,(H,18,21). The highest BCUT2D eigenvalue weighted by Crippen LogP contribution is 2.34. The molecule has 0 unspecified atom stereocenters. The predicted molar refractivity (Wildman–Crippen MR) is 75.0 cm³/mol. The lowest BCUT2D eigenvalue weighted by Crippen LogP contribution is -2.17. The molecule has 1 heterocycles.